The number of amides is 2. The number of aromatic nitrogens is 1. The summed E-state index contributed by atoms with van der Waals surface area (Å²) in [7, 11) is 0. The fourth-order valence-electron chi connectivity index (χ4n) is 5.45. The highest BCUT2D eigenvalue weighted by atomic mass is 32.2. The van der Waals surface area contributed by atoms with Crippen LogP contribution in [-0.4, -0.2) is 93.8 Å². The van der Waals surface area contributed by atoms with Crippen molar-refractivity contribution in [1.29, 1.82) is 0 Å². The molecule has 1 aromatic rings. The molecule has 0 bridgehead atoms. The molecule has 13 heteroatoms. The quantitative estimate of drug-likeness (QED) is 0.151. The summed E-state index contributed by atoms with van der Waals surface area (Å²) in [5, 5.41) is 13.8. The third-order valence-electron chi connectivity index (χ3n) is 7.34. The zero-order valence-electron chi connectivity index (χ0n) is 24.0. The molecule has 0 aromatic carbocycles. The first kappa shape index (κ1) is 31.8. The Morgan fingerprint density at radius 2 is 1.79 bits per heavy atom. The molecule has 2 amide bonds. The van der Waals surface area contributed by atoms with E-state index in [-0.39, 0.29) is 66.6 Å². The van der Waals surface area contributed by atoms with Gasteiger partial charge in [-0.1, -0.05) is 56.1 Å². The fourth-order valence-corrected chi connectivity index (χ4v) is 6.98. The van der Waals surface area contributed by atoms with E-state index in [0.717, 1.165) is 0 Å². The van der Waals surface area contributed by atoms with Crippen molar-refractivity contribution in [3.8, 4) is 0 Å². The summed E-state index contributed by atoms with van der Waals surface area (Å²) in [5.74, 6) is -2.20. The van der Waals surface area contributed by atoms with Gasteiger partial charge in [-0.3, -0.25) is 4.79 Å². The van der Waals surface area contributed by atoms with Gasteiger partial charge in [0.1, 0.15) is 25.5 Å². The maximum atomic E-state index is 13.1. The molecular formula is C30H35N3O9S. The van der Waals surface area contributed by atoms with Crippen LogP contribution in [0.3, 0.4) is 0 Å². The molecule has 3 aliphatic heterocycles. The molecule has 0 radical (unpaired) electrons. The molecule has 0 spiro atoms. The maximum absolute atomic E-state index is 13.1. The monoisotopic (exact) mass is 613 g/mol. The number of hydrogen-bond donors (Lipinski definition) is 1. The van der Waals surface area contributed by atoms with Crippen molar-refractivity contribution in [3.63, 3.8) is 0 Å². The van der Waals surface area contributed by atoms with Crippen molar-refractivity contribution in [1.82, 2.24) is 15.0 Å². The predicted molar refractivity (Wildman–Crippen MR) is 157 cm³/mol. The lowest BCUT2D eigenvalue weighted by atomic mass is 9.79. The Kier molecular flexibility index (Phi) is 10.3. The number of β-lactam (4-membered cyclic amide) rings is 1. The van der Waals surface area contributed by atoms with Crippen LogP contribution in [0, 0.1) is 11.8 Å². The molecule has 1 aromatic heterocycles. The van der Waals surface area contributed by atoms with E-state index in [4.69, 9.17) is 18.7 Å². The Morgan fingerprint density at radius 1 is 1.14 bits per heavy atom. The van der Waals surface area contributed by atoms with Gasteiger partial charge >= 0.3 is 18.0 Å². The SMILES string of the molecule is C=CCOC(=O)C1=C(S[C@H]2C[C@@H](/C=C/c3cc(C(=O)OCC=C)no3)N(C(=O)OCC=C)C2)[C@H](C)[C@@H]2[C@@H]([C@@H](C)O)C(=O)N12. The van der Waals surface area contributed by atoms with Crippen LogP contribution < -0.4 is 0 Å². The number of carbonyl (C=O) groups is 4. The van der Waals surface area contributed by atoms with Gasteiger partial charge in [-0.25, -0.2) is 14.4 Å². The number of aliphatic hydroxyl groups is 1. The number of carbonyl (C=O) groups excluding carboxylic acids is 4. The van der Waals surface area contributed by atoms with E-state index in [9.17, 15) is 24.3 Å². The smallest absolute Gasteiger partial charge is 0.410 e. The third kappa shape index (κ3) is 6.62. The van der Waals surface area contributed by atoms with Gasteiger partial charge in [0, 0.05) is 28.7 Å². The molecule has 4 heterocycles. The molecule has 2 fully saturated rings. The molecule has 6 atom stereocenters. The lowest BCUT2D eigenvalue weighted by Gasteiger charge is -2.46. The number of rotatable bonds is 13. The van der Waals surface area contributed by atoms with Gasteiger partial charge in [0.2, 0.25) is 5.91 Å². The minimum atomic E-state index is -0.873. The van der Waals surface area contributed by atoms with Crippen LogP contribution in [0.15, 0.2) is 65.2 Å². The highest BCUT2D eigenvalue weighted by molar-refractivity contribution is 8.03. The second-order valence-electron chi connectivity index (χ2n) is 10.3. The lowest BCUT2D eigenvalue weighted by molar-refractivity contribution is -0.164. The van der Waals surface area contributed by atoms with Gasteiger partial charge in [0.15, 0.2) is 11.5 Å². The van der Waals surface area contributed by atoms with Crippen LogP contribution >= 0.6 is 11.8 Å². The zero-order valence-corrected chi connectivity index (χ0v) is 24.9. The van der Waals surface area contributed by atoms with Gasteiger partial charge in [-0.05, 0) is 19.4 Å². The molecule has 0 saturated carbocycles. The largest absolute Gasteiger partial charge is 0.457 e. The minimum Gasteiger partial charge on any atom is -0.457 e. The van der Waals surface area contributed by atoms with E-state index < -0.39 is 36.1 Å². The molecular weight excluding hydrogens is 578 g/mol. The van der Waals surface area contributed by atoms with Crippen molar-refractivity contribution in [2.24, 2.45) is 11.8 Å². The molecule has 2 saturated heterocycles. The standard InChI is InChI=1S/C30H35N3O9S/c1-6-11-39-28(36)22-15-20(42-31-22)10-9-19-14-21(16-32(19)30(38)41-13-8-3)43-26-17(4)24-23(18(5)34)27(35)33(24)25(26)29(37)40-12-7-2/h6-10,15,17-19,21,23-24,34H,1-3,11-14,16H2,4-5H3/b10-9+/t17-,18-,19-,21+,23-,24-/m1/s1. The van der Waals surface area contributed by atoms with Gasteiger partial charge in [-0.2, -0.15) is 0 Å². The fraction of sp³-hybridized carbons (Fsp3) is 0.433. The summed E-state index contributed by atoms with van der Waals surface area (Å²) >= 11 is 1.41. The summed E-state index contributed by atoms with van der Waals surface area (Å²) in [6.45, 7) is 14.5. The maximum Gasteiger partial charge on any atom is 0.410 e. The number of nitrogens with zero attached hydrogens (tertiary/aromatic N) is 3. The van der Waals surface area contributed by atoms with E-state index in [0.29, 0.717) is 11.3 Å². The van der Waals surface area contributed by atoms with E-state index in [1.165, 1.54) is 41.0 Å². The third-order valence-corrected chi connectivity index (χ3v) is 8.84. The Hall–Kier alpha value is -4.10. The van der Waals surface area contributed by atoms with Crippen LogP contribution in [0.25, 0.3) is 6.08 Å². The number of ether oxygens (including phenoxy) is 3. The summed E-state index contributed by atoms with van der Waals surface area (Å²) < 4.78 is 20.8. The Labute approximate surface area is 253 Å². The summed E-state index contributed by atoms with van der Waals surface area (Å²) in [5.41, 5.74) is 0.167. The second kappa shape index (κ2) is 13.9. The van der Waals surface area contributed by atoms with Crippen molar-refractivity contribution in [2.45, 2.75) is 43.7 Å². The Bertz CT molecular complexity index is 1350. The van der Waals surface area contributed by atoms with E-state index in [2.05, 4.69) is 24.9 Å². The number of thioether (sulfide) groups is 1. The molecule has 12 nitrogen and oxygen atoms in total. The van der Waals surface area contributed by atoms with Crippen molar-refractivity contribution < 1.29 is 43.0 Å². The van der Waals surface area contributed by atoms with Gasteiger partial charge in [0.25, 0.3) is 0 Å². The molecule has 43 heavy (non-hydrogen) atoms. The zero-order chi connectivity index (χ0) is 31.3. The van der Waals surface area contributed by atoms with Crippen molar-refractivity contribution >= 4 is 41.8 Å². The number of aliphatic hydroxyl groups excluding tert-OH is 1. The molecule has 230 valence electrons. The van der Waals surface area contributed by atoms with Crippen LogP contribution in [0.4, 0.5) is 4.79 Å². The number of hydrogen-bond acceptors (Lipinski definition) is 11. The highest BCUT2D eigenvalue weighted by Crippen LogP contribution is 2.52. The molecule has 0 unspecified atom stereocenters. The Balaban J connectivity index is 1.56. The normalized spacial score (nSPS) is 25.3. The Morgan fingerprint density at radius 3 is 2.44 bits per heavy atom. The average molecular weight is 614 g/mol. The first-order valence-electron chi connectivity index (χ1n) is 13.8. The van der Waals surface area contributed by atoms with Crippen LogP contribution in [-0.2, 0) is 23.8 Å². The first-order valence-corrected chi connectivity index (χ1v) is 14.7. The summed E-state index contributed by atoms with van der Waals surface area (Å²) in [6.07, 6.45) is 6.78. The summed E-state index contributed by atoms with van der Waals surface area (Å²) in [4.78, 5) is 54.7. The molecule has 4 rings (SSSR count). The molecule has 0 aliphatic carbocycles. The van der Waals surface area contributed by atoms with Gasteiger partial charge in [0.05, 0.1) is 24.1 Å². The topological polar surface area (TPSA) is 149 Å². The number of fused-ring (bicyclic) bond motifs is 1. The van der Waals surface area contributed by atoms with Crippen molar-refractivity contribution in [3.05, 3.63) is 72.2 Å². The first-order chi connectivity index (χ1) is 20.6. The minimum absolute atomic E-state index is 0.00342. The van der Waals surface area contributed by atoms with E-state index in [1.807, 2.05) is 6.92 Å². The van der Waals surface area contributed by atoms with E-state index >= 15 is 0 Å². The number of likely N-dealkylation sites (tertiary alicyclic amines) is 1. The van der Waals surface area contributed by atoms with Gasteiger partial charge in [-0.15, -0.1) is 11.8 Å². The second-order valence-corrected chi connectivity index (χ2v) is 11.6. The highest BCUT2D eigenvalue weighted by Gasteiger charge is 2.60. The number of esters is 2. The molecule has 3 aliphatic rings. The van der Waals surface area contributed by atoms with Crippen LogP contribution in [0.5, 0.6) is 0 Å². The van der Waals surface area contributed by atoms with Crippen molar-refractivity contribution in [2.75, 3.05) is 26.4 Å². The van der Waals surface area contributed by atoms with E-state index in [1.54, 1.807) is 24.0 Å². The predicted octanol–water partition coefficient (Wildman–Crippen LogP) is 3.33. The summed E-state index contributed by atoms with van der Waals surface area (Å²) in [6, 6.07) is 0.634. The van der Waals surface area contributed by atoms with Crippen LogP contribution in [0.2, 0.25) is 0 Å². The lowest BCUT2D eigenvalue weighted by Crippen LogP contribution is -2.63. The molecule has 1 N–H and O–H groups in total. The van der Waals surface area contributed by atoms with Gasteiger partial charge < -0.3 is 33.6 Å². The van der Waals surface area contributed by atoms with Crippen LogP contribution in [0.1, 0.15) is 36.5 Å². The average Bonchev–Trinajstić information content (AvgIpc) is 3.68.